The first-order valence-corrected chi connectivity index (χ1v) is 6.33. The summed E-state index contributed by atoms with van der Waals surface area (Å²) in [7, 11) is 1.80. The normalized spacial score (nSPS) is 14.4. The Balaban J connectivity index is 2.99. The zero-order valence-corrected chi connectivity index (χ0v) is 11.5. The van der Waals surface area contributed by atoms with E-state index in [2.05, 4.69) is 32.8 Å². The Kier molecular flexibility index (Phi) is 4.73. The first kappa shape index (κ1) is 13.7. The van der Waals surface area contributed by atoms with Crippen molar-refractivity contribution in [3.8, 4) is 0 Å². The van der Waals surface area contributed by atoms with Crippen molar-refractivity contribution in [2.75, 3.05) is 0 Å². The van der Waals surface area contributed by atoms with Crippen LogP contribution < -0.4 is 0 Å². The average molecular weight is 237 g/mol. The Labute approximate surface area is 104 Å². The zero-order chi connectivity index (χ0) is 13.0. The molecule has 1 heterocycles. The Hall–Kier alpha value is -1.32. The van der Waals surface area contributed by atoms with Gasteiger partial charge >= 0.3 is 0 Å². The third-order valence-corrected chi connectivity index (χ3v) is 3.41. The molecule has 1 aromatic heterocycles. The fourth-order valence-corrected chi connectivity index (χ4v) is 1.94. The molecule has 0 saturated heterocycles. The van der Waals surface area contributed by atoms with Crippen LogP contribution in [-0.4, -0.2) is 32.7 Å². The Morgan fingerprint density at radius 2 is 1.88 bits per heavy atom. The van der Waals surface area contributed by atoms with E-state index >= 15 is 0 Å². The highest BCUT2D eigenvalue weighted by molar-refractivity contribution is 5.92. The van der Waals surface area contributed by atoms with Crippen molar-refractivity contribution in [1.82, 2.24) is 14.7 Å². The number of hydrogen-bond donors (Lipinski definition) is 0. The second kappa shape index (κ2) is 5.84. The summed E-state index contributed by atoms with van der Waals surface area (Å²) in [5, 5.41) is 4.06. The molecule has 1 aromatic rings. The molecule has 0 aliphatic heterocycles. The fourth-order valence-electron chi connectivity index (χ4n) is 1.94. The van der Waals surface area contributed by atoms with Crippen LogP contribution in [0.25, 0.3) is 0 Å². The fraction of sp³-hybridized carbons (Fsp3) is 0.692. The van der Waals surface area contributed by atoms with Gasteiger partial charge in [0.25, 0.3) is 5.91 Å². The number of carbonyl (C=O) groups excluding carboxylic acids is 1. The predicted molar refractivity (Wildman–Crippen MR) is 68.9 cm³/mol. The number of aromatic nitrogens is 2. The Bertz CT molecular complexity index is 362. The number of hydrogen-bond acceptors (Lipinski definition) is 2. The van der Waals surface area contributed by atoms with E-state index in [1.54, 1.807) is 24.0 Å². The van der Waals surface area contributed by atoms with E-state index in [0.717, 1.165) is 12.8 Å². The molecular formula is C13H23N3O. The number of carbonyl (C=O) groups is 1. The standard InChI is InChI=1S/C13H23N3O/c1-6-10(3)16(11(4)7-2)13(17)12-8-9-14-15(12)5/h8-11H,6-7H2,1-5H3. The maximum absolute atomic E-state index is 12.5. The summed E-state index contributed by atoms with van der Waals surface area (Å²) in [5.41, 5.74) is 0.658. The molecule has 0 fully saturated rings. The average Bonchev–Trinajstić information content (AvgIpc) is 2.74. The van der Waals surface area contributed by atoms with Crippen LogP contribution in [0.2, 0.25) is 0 Å². The smallest absolute Gasteiger partial charge is 0.272 e. The van der Waals surface area contributed by atoms with Gasteiger partial charge in [0.05, 0.1) is 0 Å². The van der Waals surface area contributed by atoms with Gasteiger partial charge in [-0.2, -0.15) is 5.10 Å². The summed E-state index contributed by atoms with van der Waals surface area (Å²) < 4.78 is 1.64. The summed E-state index contributed by atoms with van der Waals surface area (Å²) in [6.07, 6.45) is 3.60. The molecule has 17 heavy (non-hydrogen) atoms. The van der Waals surface area contributed by atoms with Crippen molar-refractivity contribution in [2.24, 2.45) is 7.05 Å². The summed E-state index contributed by atoms with van der Waals surface area (Å²) in [4.78, 5) is 14.5. The quantitative estimate of drug-likeness (QED) is 0.789. The lowest BCUT2D eigenvalue weighted by atomic mass is 10.1. The molecule has 0 radical (unpaired) electrons. The molecule has 0 aliphatic carbocycles. The first-order valence-electron chi connectivity index (χ1n) is 6.33. The van der Waals surface area contributed by atoms with E-state index in [1.165, 1.54) is 0 Å². The first-order chi connectivity index (χ1) is 8.02. The highest BCUT2D eigenvalue weighted by Crippen LogP contribution is 2.15. The molecule has 0 N–H and O–H groups in total. The van der Waals surface area contributed by atoms with Gasteiger partial charge < -0.3 is 4.90 Å². The van der Waals surface area contributed by atoms with Crippen molar-refractivity contribution in [3.05, 3.63) is 18.0 Å². The van der Waals surface area contributed by atoms with Gasteiger partial charge in [-0.25, -0.2) is 0 Å². The van der Waals surface area contributed by atoms with Crippen LogP contribution in [0.3, 0.4) is 0 Å². The third-order valence-electron chi connectivity index (χ3n) is 3.41. The molecular weight excluding hydrogens is 214 g/mol. The van der Waals surface area contributed by atoms with Crippen molar-refractivity contribution >= 4 is 5.91 Å². The van der Waals surface area contributed by atoms with E-state index in [-0.39, 0.29) is 18.0 Å². The molecule has 2 unspecified atom stereocenters. The second-order valence-corrected chi connectivity index (χ2v) is 4.57. The highest BCUT2D eigenvalue weighted by Gasteiger charge is 2.26. The van der Waals surface area contributed by atoms with E-state index in [4.69, 9.17) is 0 Å². The predicted octanol–water partition coefficient (Wildman–Crippen LogP) is 2.46. The van der Waals surface area contributed by atoms with Crippen LogP contribution in [0, 0.1) is 0 Å². The molecule has 4 heteroatoms. The zero-order valence-electron chi connectivity index (χ0n) is 11.5. The van der Waals surface area contributed by atoms with Crippen LogP contribution >= 0.6 is 0 Å². The van der Waals surface area contributed by atoms with Gasteiger partial charge in [0.1, 0.15) is 5.69 Å². The van der Waals surface area contributed by atoms with Gasteiger partial charge in [0.2, 0.25) is 0 Å². The van der Waals surface area contributed by atoms with E-state index in [0.29, 0.717) is 5.69 Å². The van der Waals surface area contributed by atoms with Gasteiger partial charge in [-0.05, 0) is 32.8 Å². The molecule has 0 saturated carbocycles. The summed E-state index contributed by atoms with van der Waals surface area (Å²) >= 11 is 0. The molecule has 2 atom stereocenters. The maximum Gasteiger partial charge on any atom is 0.272 e. The lowest BCUT2D eigenvalue weighted by Gasteiger charge is -2.33. The largest absolute Gasteiger partial charge is 0.332 e. The SMILES string of the molecule is CCC(C)N(C(=O)c1ccnn1C)C(C)CC. The van der Waals surface area contributed by atoms with Gasteiger partial charge in [0.15, 0.2) is 0 Å². The van der Waals surface area contributed by atoms with E-state index < -0.39 is 0 Å². The number of aryl methyl sites for hydroxylation is 1. The van der Waals surface area contributed by atoms with Crippen molar-refractivity contribution < 1.29 is 4.79 Å². The molecule has 0 aliphatic rings. The molecule has 1 amide bonds. The number of nitrogens with zero attached hydrogens (tertiary/aromatic N) is 3. The van der Waals surface area contributed by atoms with Gasteiger partial charge in [-0.1, -0.05) is 13.8 Å². The van der Waals surface area contributed by atoms with Crippen LogP contribution in [0.4, 0.5) is 0 Å². The van der Waals surface area contributed by atoms with Crippen molar-refractivity contribution in [2.45, 2.75) is 52.6 Å². The molecule has 4 nitrogen and oxygen atoms in total. The third kappa shape index (κ3) is 2.87. The molecule has 1 rings (SSSR count). The minimum Gasteiger partial charge on any atom is -0.332 e. The Morgan fingerprint density at radius 1 is 1.35 bits per heavy atom. The lowest BCUT2D eigenvalue weighted by molar-refractivity contribution is 0.0587. The minimum absolute atomic E-state index is 0.0775. The van der Waals surface area contributed by atoms with Crippen LogP contribution in [0.5, 0.6) is 0 Å². The maximum atomic E-state index is 12.5. The molecule has 0 aromatic carbocycles. The summed E-state index contributed by atoms with van der Waals surface area (Å²) in [5.74, 6) is 0.0775. The topological polar surface area (TPSA) is 38.1 Å². The minimum atomic E-state index is 0.0775. The summed E-state index contributed by atoms with van der Waals surface area (Å²) in [6.45, 7) is 8.41. The summed E-state index contributed by atoms with van der Waals surface area (Å²) in [6, 6.07) is 2.29. The van der Waals surface area contributed by atoms with Crippen LogP contribution in [0.15, 0.2) is 12.3 Å². The number of amides is 1. The van der Waals surface area contributed by atoms with Crippen LogP contribution in [0.1, 0.15) is 51.0 Å². The van der Waals surface area contributed by atoms with Crippen molar-refractivity contribution in [1.29, 1.82) is 0 Å². The van der Waals surface area contributed by atoms with Crippen molar-refractivity contribution in [3.63, 3.8) is 0 Å². The second-order valence-electron chi connectivity index (χ2n) is 4.57. The molecule has 0 bridgehead atoms. The lowest BCUT2D eigenvalue weighted by Crippen LogP contribution is -2.44. The molecule has 96 valence electrons. The number of rotatable bonds is 5. The highest BCUT2D eigenvalue weighted by atomic mass is 16.2. The van der Waals surface area contributed by atoms with Gasteiger partial charge in [-0.15, -0.1) is 0 Å². The van der Waals surface area contributed by atoms with E-state index in [9.17, 15) is 4.79 Å². The monoisotopic (exact) mass is 237 g/mol. The Morgan fingerprint density at radius 3 is 2.24 bits per heavy atom. The molecule has 0 spiro atoms. The van der Waals surface area contributed by atoms with E-state index in [1.807, 2.05) is 4.90 Å². The van der Waals surface area contributed by atoms with Gasteiger partial charge in [-0.3, -0.25) is 9.48 Å². The van der Waals surface area contributed by atoms with Gasteiger partial charge in [0, 0.05) is 25.3 Å². The van der Waals surface area contributed by atoms with Crippen LogP contribution in [-0.2, 0) is 7.05 Å².